The summed E-state index contributed by atoms with van der Waals surface area (Å²) in [7, 11) is -1.91. The standard InChI is InChI=1S/C24H20P.B/c1-5-13-21(14-6-1)25(22-15-7-2-8-16-22,23-17-9-3-10-18-23)24-19-11-4-12-20-24;/h1-20H;/q+1;-1. The molecule has 2 heteroatoms. The Balaban J connectivity index is 0.00000196. The average Bonchev–Trinajstić information content (AvgIpc) is 2.72. The third-order valence-corrected chi connectivity index (χ3v) is 8.86. The molecule has 0 aliphatic carbocycles. The Kier molecular flexibility index (Phi) is 5.71. The normalized spacial score (nSPS) is 10.8. The molecule has 0 heterocycles. The zero-order chi connectivity index (χ0) is 17.0. The lowest BCUT2D eigenvalue weighted by Gasteiger charge is -2.27. The maximum atomic E-state index is 2.28. The summed E-state index contributed by atoms with van der Waals surface area (Å²) >= 11 is 0. The highest BCUT2D eigenvalue weighted by atomic mass is 31.2. The lowest BCUT2D eigenvalue weighted by molar-refractivity contribution is 1.71. The predicted octanol–water partition coefficient (Wildman–Crippen LogP) is 3.93. The Morgan fingerprint density at radius 2 is 0.500 bits per heavy atom. The first-order valence-electron chi connectivity index (χ1n) is 8.54. The van der Waals surface area contributed by atoms with Crippen molar-refractivity contribution < 1.29 is 0 Å². The SMILES string of the molecule is [B-].c1ccc([P+](c2ccccc2)(c2ccccc2)c2ccccc2)cc1. The summed E-state index contributed by atoms with van der Waals surface area (Å²) in [5.74, 6) is 0. The van der Waals surface area contributed by atoms with Crippen LogP contribution in [0.2, 0.25) is 0 Å². The number of hydrogen-bond donors (Lipinski definition) is 0. The van der Waals surface area contributed by atoms with Crippen molar-refractivity contribution in [3.05, 3.63) is 121 Å². The molecule has 4 rings (SSSR count). The second-order valence-corrected chi connectivity index (χ2v) is 9.42. The molecular weight excluding hydrogens is 330 g/mol. The van der Waals surface area contributed by atoms with Crippen molar-refractivity contribution in [2.45, 2.75) is 0 Å². The van der Waals surface area contributed by atoms with Gasteiger partial charge in [-0.05, 0) is 48.5 Å². The predicted molar refractivity (Wildman–Crippen MR) is 117 cm³/mol. The van der Waals surface area contributed by atoms with Crippen LogP contribution < -0.4 is 21.2 Å². The molecule has 0 fully saturated rings. The zero-order valence-corrected chi connectivity index (χ0v) is 15.5. The van der Waals surface area contributed by atoms with Gasteiger partial charge in [0.05, 0.1) is 0 Å². The zero-order valence-electron chi connectivity index (χ0n) is 14.6. The topological polar surface area (TPSA) is 0 Å². The summed E-state index contributed by atoms with van der Waals surface area (Å²) in [6.07, 6.45) is 0. The second kappa shape index (κ2) is 8.17. The molecule has 0 unspecified atom stereocenters. The third-order valence-electron chi connectivity index (χ3n) is 4.57. The van der Waals surface area contributed by atoms with Crippen LogP contribution in [-0.4, -0.2) is 8.41 Å². The molecule has 0 nitrogen and oxygen atoms in total. The summed E-state index contributed by atoms with van der Waals surface area (Å²) in [6.45, 7) is 0. The molecule has 4 aromatic rings. The van der Waals surface area contributed by atoms with Crippen molar-refractivity contribution in [3.8, 4) is 0 Å². The summed E-state index contributed by atoms with van der Waals surface area (Å²) in [6, 6.07) is 43.8. The molecule has 0 saturated heterocycles. The first kappa shape index (κ1) is 18.2. The minimum absolute atomic E-state index is 0. The van der Waals surface area contributed by atoms with Crippen LogP contribution in [0.25, 0.3) is 0 Å². The Morgan fingerprint density at radius 3 is 0.692 bits per heavy atom. The highest BCUT2D eigenvalue weighted by molar-refractivity contribution is 8.01. The van der Waals surface area contributed by atoms with E-state index in [4.69, 9.17) is 0 Å². The molecule has 0 amide bonds. The maximum Gasteiger partial charge on any atom is 0.144 e. The number of rotatable bonds is 4. The van der Waals surface area contributed by atoms with Crippen molar-refractivity contribution in [2.75, 3.05) is 0 Å². The molecule has 4 radical (unpaired) electrons. The van der Waals surface area contributed by atoms with Gasteiger partial charge in [-0.15, -0.1) is 0 Å². The molecule has 26 heavy (non-hydrogen) atoms. The smallest absolute Gasteiger partial charge is 0.144 e. The largest absolute Gasteiger partial charge is 1.00 e. The van der Waals surface area contributed by atoms with Crippen LogP contribution in [0.4, 0.5) is 0 Å². The Labute approximate surface area is 158 Å². The van der Waals surface area contributed by atoms with Gasteiger partial charge in [0.1, 0.15) is 28.5 Å². The van der Waals surface area contributed by atoms with E-state index < -0.39 is 7.26 Å². The van der Waals surface area contributed by atoms with Crippen LogP contribution in [0.1, 0.15) is 0 Å². The van der Waals surface area contributed by atoms with Gasteiger partial charge < -0.3 is 8.41 Å². The van der Waals surface area contributed by atoms with E-state index in [1.165, 1.54) is 21.2 Å². The number of benzene rings is 4. The van der Waals surface area contributed by atoms with E-state index in [1.54, 1.807) is 0 Å². The Bertz CT molecular complexity index is 759. The van der Waals surface area contributed by atoms with Gasteiger partial charge in [-0.2, -0.15) is 0 Å². The molecule has 0 saturated carbocycles. The molecule has 0 aromatic heterocycles. The monoisotopic (exact) mass is 350 g/mol. The van der Waals surface area contributed by atoms with Gasteiger partial charge in [0.2, 0.25) is 0 Å². The first-order chi connectivity index (χ1) is 12.4. The van der Waals surface area contributed by atoms with Crippen molar-refractivity contribution in [2.24, 2.45) is 0 Å². The second-order valence-electron chi connectivity index (χ2n) is 6.01. The fourth-order valence-corrected chi connectivity index (χ4v) is 7.77. The fraction of sp³-hybridized carbons (Fsp3) is 0. The van der Waals surface area contributed by atoms with Gasteiger partial charge in [-0.1, -0.05) is 72.8 Å². The minimum Gasteiger partial charge on any atom is -1.00 e. The van der Waals surface area contributed by atoms with Crippen LogP contribution in [-0.2, 0) is 0 Å². The summed E-state index contributed by atoms with van der Waals surface area (Å²) in [5, 5.41) is 5.55. The number of hydrogen-bond acceptors (Lipinski definition) is 0. The van der Waals surface area contributed by atoms with Gasteiger partial charge in [-0.25, -0.2) is 0 Å². The Morgan fingerprint density at radius 1 is 0.308 bits per heavy atom. The molecule has 124 valence electrons. The van der Waals surface area contributed by atoms with Crippen molar-refractivity contribution in [1.82, 2.24) is 0 Å². The first-order valence-corrected chi connectivity index (χ1v) is 10.3. The summed E-state index contributed by atoms with van der Waals surface area (Å²) < 4.78 is 0. The van der Waals surface area contributed by atoms with E-state index in [0.29, 0.717) is 0 Å². The molecule has 0 N–H and O–H groups in total. The minimum atomic E-state index is -1.91. The third kappa shape index (κ3) is 3.11. The molecule has 0 aliphatic rings. The highest BCUT2D eigenvalue weighted by Gasteiger charge is 2.47. The van der Waals surface area contributed by atoms with Crippen molar-refractivity contribution >= 4 is 36.9 Å². The molecular formula is C24H20BP. The van der Waals surface area contributed by atoms with Gasteiger partial charge >= 0.3 is 0 Å². The summed E-state index contributed by atoms with van der Waals surface area (Å²) in [4.78, 5) is 0. The van der Waals surface area contributed by atoms with Gasteiger partial charge in [0, 0.05) is 0 Å². The van der Waals surface area contributed by atoms with E-state index in [9.17, 15) is 0 Å². The molecule has 0 spiro atoms. The van der Waals surface area contributed by atoms with E-state index in [1.807, 2.05) is 0 Å². The van der Waals surface area contributed by atoms with Crippen LogP contribution in [0.15, 0.2) is 121 Å². The fourth-order valence-electron chi connectivity index (χ4n) is 3.50. The molecule has 0 aliphatic heterocycles. The average molecular weight is 350 g/mol. The lowest BCUT2D eigenvalue weighted by Crippen LogP contribution is -2.38. The van der Waals surface area contributed by atoms with Gasteiger partial charge in [0.25, 0.3) is 0 Å². The lowest BCUT2D eigenvalue weighted by atomic mass is 10.3. The highest BCUT2D eigenvalue weighted by Crippen LogP contribution is 2.53. The molecule has 0 atom stereocenters. The molecule has 4 aromatic carbocycles. The van der Waals surface area contributed by atoms with Gasteiger partial charge in [-0.3, -0.25) is 0 Å². The summed E-state index contributed by atoms with van der Waals surface area (Å²) in [5.41, 5.74) is 0. The van der Waals surface area contributed by atoms with E-state index >= 15 is 0 Å². The quantitative estimate of drug-likeness (QED) is 0.387. The van der Waals surface area contributed by atoms with E-state index in [0.717, 1.165) is 0 Å². The van der Waals surface area contributed by atoms with Gasteiger partial charge in [0.15, 0.2) is 0 Å². The maximum absolute atomic E-state index is 2.28. The van der Waals surface area contributed by atoms with Crippen LogP contribution >= 0.6 is 7.26 Å². The van der Waals surface area contributed by atoms with Crippen LogP contribution in [0.3, 0.4) is 0 Å². The van der Waals surface area contributed by atoms with Crippen molar-refractivity contribution in [3.63, 3.8) is 0 Å². The van der Waals surface area contributed by atoms with E-state index in [2.05, 4.69) is 121 Å². The van der Waals surface area contributed by atoms with Crippen LogP contribution in [0.5, 0.6) is 0 Å². The van der Waals surface area contributed by atoms with Crippen molar-refractivity contribution in [1.29, 1.82) is 0 Å². The Hall–Kier alpha value is -2.63. The van der Waals surface area contributed by atoms with Crippen LogP contribution in [0, 0.1) is 0 Å². The van der Waals surface area contributed by atoms with E-state index in [-0.39, 0.29) is 8.41 Å². The molecule has 0 bridgehead atoms.